The predicted molar refractivity (Wildman–Crippen MR) is 129 cm³/mol. The molecule has 1 aromatic heterocycles. The number of rotatable bonds is 8. The van der Waals surface area contributed by atoms with Gasteiger partial charge in [0, 0.05) is 37.8 Å². The van der Waals surface area contributed by atoms with E-state index in [1.807, 2.05) is 38.4 Å². The van der Waals surface area contributed by atoms with Gasteiger partial charge in [0.2, 0.25) is 0 Å². The van der Waals surface area contributed by atoms with Crippen molar-refractivity contribution in [1.82, 2.24) is 14.2 Å². The first kappa shape index (κ1) is 22.6. The van der Waals surface area contributed by atoms with Gasteiger partial charge in [0.25, 0.3) is 10.0 Å². The number of hydrogen-bond acceptors (Lipinski definition) is 6. The van der Waals surface area contributed by atoms with Crippen LogP contribution in [0.1, 0.15) is 12.0 Å². The van der Waals surface area contributed by atoms with Crippen molar-refractivity contribution in [3.05, 3.63) is 54.2 Å². The molecule has 172 valence electrons. The molecule has 0 atom stereocenters. The van der Waals surface area contributed by atoms with E-state index in [-0.39, 0.29) is 4.90 Å². The van der Waals surface area contributed by atoms with E-state index in [0.29, 0.717) is 11.3 Å². The second-order valence-corrected chi connectivity index (χ2v) is 10.3. The van der Waals surface area contributed by atoms with Crippen molar-refractivity contribution >= 4 is 26.6 Å². The number of aryl methyl sites for hydroxylation is 1. The Balaban J connectivity index is 1.75. The largest absolute Gasteiger partial charge is 0.495 e. The fourth-order valence-electron chi connectivity index (χ4n) is 4.30. The topological polar surface area (TPSA) is 66.8 Å². The predicted octanol–water partition coefficient (Wildman–Crippen LogP) is 2.79. The Kier molecular flexibility index (Phi) is 6.74. The van der Waals surface area contributed by atoms with Crippen LogP contribution in [0.4, 0.5) is 5.69 Å². The minimum Gasteiger partial charge on any atom is -0.495 e. The zero-order valence-electron chi connectivity index (χ0n) is 19.0. The molecule has 1 aliphatic heterocycles. The highest BCUT2D eigenvalue weighted by atomic mass is 32.2. The Bertz CT molecular complexity index is 1180. The van der Waals surface area contributed by atoms with Crippen LogP contribution in [-0.2, 0) is 16.4 Å². The maximum atomic E-state index is 13.8. The first-order chi connectivity index (χ1) is 15.4. The van der Waals surface area contributed by atoms with Crippen LogP contribution in [0.25, 0.3) is 10.9 Å². The van der Waals surface area contributed by atoms with Crippen molar-refractivity contribution < 1.29 is 13.2 Å². The van der Waals surface area contributed by atoms with Crippen molar-refractivity contribution in [2.45, 2.75) is 17.7 Å². The summed E-state index contributed by atoms with van der Waals surface area (Å²) in [6.07, 6.45) is 3.59. The molecule has 1 saturated heterocycles. The summed E-state index contributed by atoms with van der Waals surface area (Å²) in [7, 11) is 1.95. The molecule has 3 aromatic rings. The molecule has 8 heteroatoms. The van der Waals surface area contributed by atoms with Crippen LogP contribution in [0.15, 0.2) is 53.6 Å². The molecule has 0 saturated carbocycles. The molecule has 7 nitrogen and oxygen atoms in total. The second kappa shape index (κ2) is 9.52. The van der Waals surface area contributed by atoms with Gasteiger partial charge in [-0.2, -0.15) is 0 Å². The summed E-state index contributed by atoms with van der Waals surface area (Å²) in [6, 6.07) is 12.9. The van der Waals surface area contributed by atoms with Crippen molar-refractivity contribution in [3.8, 4) is 5.75 Å². The highest BCUT2D eigenvalue weighted by Gasteiger charge is 2.24. The lowest BCUT2D eigenvalue weighted by Crippen LogP contribution is -2.43. The van der Waals surface area contributed by atoms with Crippen molar-refractivity contribution in [1.29, 1.82) is 0 Å². The fraction of sp³-hybridized carbons (Fsp3) is 0.417. The molecular formula is C24H32N4O3S. The number of nitrogens with one attached hydrogen (secondary N) is 1. The van der Waals surface area contributed by atoms with Gasteiger partial charge in [-0.15, -0.1) is 0 Å². The number of piperazine rings is 1. The zero-order chi connectivity index (χ0) is 22.7. The summed E-state index contributed by atoms with van der Waals surface area (Å²) < 4.78 is 34.5. The maximum Gasteiger partial charge on any atom is 0.268 e. The Morgan fingerprint density at radius 2 is 1.84 bits per heavy atom. The minimum atomic E-state index is -3.76. The Hall–Kier alpha value is -2.55. The van der Waals surface area contributed by atoms with E-state index in [0.717, 1.165) is 62.2 Å². The molecule has 0 amide bonds. The highest BCUT2D eigenvalue weighted by molar-refractivity contribution is 7.90. The SMILES string of the molecule is COc1ccc(S(=O)(=O)n2cc(CCCN(C)C)c3ccccc32)cc1N1CCNCC1. The molecule has 4 rings (SSSR count). The van der Waals surface area contributed by atoms with Crippen LogP contribution >= 0.6 is 0 Å². The third-order valence-electron chi connectivity index (χ3n) is 5.98. The third kappa shape index (κ3) is 4.48. The van der Waals surface area contributed by atoms with Gasteiger partial charge in [0.1, 0.15) is 5.75 Å². The number of hydrogen-bond donors (Lipinski definition) is 1. The van der Waals surface area contributed by atoms with E-state index >= 15 is 0 Å². The van der Waals surface area contributed by atoms with Crippen LogP contribution in [0.5, 0.6) is 5.75 Å². The van der Waals surface area contributed by atoms with Crippen LogP contribution in [0, 0.1) is 0 Å². The molecular weight excluding hydrogens is 424 g/mol. The lowest BCUT2D eigenvalue weighted by atomic mass is 10.1. The lowest BCUT2D eigenvalue weighted by Gasteiger charge is -2.30. The van der Waals surface area contributed by atoms with Gasteiger partial charge in [-0.05, 0) is 63.3 Å². The minimum absolute atomic E-state index is 0.271. The van der Waals surface area contributed by atoms with Crippen molar-refractivity contribution in [2.24, 2.45) is 0 Å². The lowest BCUT2D eigenvalue weighted by molar-refractivity contribution is 0.400. The first-order valence-electron chi connectivity index (χ1n) is 11.0. The zero-order valence-corrected chi connectivity index (χ0v) is 19.9. The molecule has 0 aliphatic carbocycles. The van der Waals surface area contributed by atoms with Crippen LogP contribution in [-0.4, -0.2) is 71.2 Å². The molecule has 0 bridgehead atoms. The summed E-state index contributed by atoms with van der Waals surface area (Å²) in [5.41, 5.74) is 2.59. The summed E-state index contributed by atoms with van der Waals surface area (Å²) >= 11 is 0. The number of fused-ring (bicyclic) bond motifs is 1. The maximum absolute atomic E-state index is 13.8. The average molecular weight is 457 g/mol. The van der Waals surface area contributed by atoms with E-state index in [2.05, 4.69) is 15.1 Å². The number of methoxy groups -OCH3 is 1. The summed E-state index contributed by atoms with van der Waals surface area (Å²) in [5.74, 6) is 0.688. The second-order valence-electron chi connectivity index (χ2n) is 8.45. The summed E-state index contributed by atoms with van der Waals surface area (Å²) in [5, 5.41) is 4.32. The molecule has 2 aromatic carbocycles. The molecule has 0 radical (unpaired) electrons. The van der Waals surface area contributed by atoms with E-state index in [9.17, 15) is 8.42 Å². The van der Waals surface area contributed by atoms with E-state index in [1.165, 1.54) is 3.97 Å². The highest BCUT2D eigenvalue weighted by Crippen LogP contribution is 2.33. The quantitative estimate of drug-likeness (QED) is 0.562. The number of benzene rings is 2. The number of nitrogens with zero attached hydrogens (tertiary/aromatic N) is 3. The molecule has 0 spiro atoms. The molecule has 32 heavy (non-hydrogen) atoms. The van der Waals surface area contributed by atoms with Gasteiger partial charge in [0.15, 0.2) is 0 Å². The van der Waals surface area contributed by atoms with Crippen LogP contribution < -0.4 is 15.0 Å². The van der Waals surface area contributed by atoms with E-state index < -0.39 is 10.0 Å². The monoisotopic (exact) mass is 456 g/mol. The number of ether oxygens (including phenoxy) is 1. The fourth-order valence-corrected chi connectivity index (χ4v) is 5.71. The Morgan fingerprint density at radius 3 is 2.56 bits per heavy atom. The summed E-state index contributed by atoms with van der Waals surface area (Å²) in [6.45, 7) is 4.29. The molecule has 0 unspecified atom stereocenters. The smallest absolute Gasteiger partial charge is 0.268 e. The summed E-state index contributed by atoms with van der Waals surface area (Å²) in [4.78, 5) is 4.59. The van der Waals surface area contributed by atoms with Gasteiger partial charge >= 0.3 is 0 Å². The van der Waals surface area contributed by atoms with Crippen molar-refractivity contribution in [2.75, 3.05) is 58.8 Å². The molecule has 1 N–H and O–H groups in total. The van der Waals surface area contributed by atoms with Gasteiger partial charge in [-0.1, -0.05) is 18.2 Å². The molecule has 1 fully saturated rings. The Labute approximate surface area is 190 Å². The van der Waals surface area contributed by atoms with E-state index in [4.69, 9.17) is 4.74 Å². The van der Waals surface area contributed by atoms with E-state index in [1.54, 1.807) is 31.5 Å². The number of para-hydroxylation sites is 1. The first-order valence-corrected chi connectivity index (χ1v) is 12.5. The number of anilines is 1. The van der Waals surface area contributed by atoms with Gasteiger partial charge in [0.05, 0.1) is 23.2 Å². The van der Waals surface area contributed by atoms with Gasteiger partial charge in [-0.3, -0.25) is 0 Å². The molecule has 1 aliphatic rings. The number of aromatic nitrogens is 1. The van der Waals surface area contributed by atoms with Crippen LogP contribution in [0.2, 0.25) is 0 Å². The van der Waals surface area contributed by atoms with Crippen molar-refractivity contribution in [3.63, 3.8) is 0 Å². The third-order valence-corrected chi connectivity index (χ3v) is 7.65. The molecule has 2 heterocycles. The van der Waals surface area contributed by atoms with Gasteiger partial charge < -0.3 is 19.9 Å². The Morgan fingerprint density at radius 1 is 1.09 bits per heavy atom. The van der Waals surface area contributed by atoms with Gasteiger partial charge in [-0.25, -0.2) is 12.4 Å². The average Bonchev–Trinajstić information content (AvgIpc) is 3.18. The standard InChI is InChI=1S/C24H32N4O3S/c1-26(2)14-6-7-19-18-28(22-9-5-4-8-21(19)22)32(29,30)20-10-11-24(31-3)23(17-20)27-15-12-25-13-16-27/h4-5,8-11,17-18,25H,6-7,12-16H2,1-3H3. The van der Waals surface area contributed by atoms with Crippen LogP contribution in [0.3, 0.4) is 0 Å². The normalized spacial score (nSPS) is 14.9.